The van der Waals surface area contributed by atoms with Crippen LogP contribution in [-0.4, -0.2) is 78.7 Å². The van der Waals surface area contributed by atoms with Crippen LogP contribution in [0.4, 0.5) is 18.9 Å². The third-order valence-electron chi connectivity index (χ3n) is 5.80. The van der Waals surface area contributed by atoms with Crippen molar-refractivity contribution < 1.29 is 37.3 Å². The van der Waals surface area contributed by atoms with Gasteiger partial charge in [-0.1, -0.05) is 12.1 Å². The molecule has 0 radical (unpaired) electrons. The first kappa shape index (κ1) is 29.5. The summed E-state index contributed by atoms with van der Waals surface area (Å²) in [5.74, 6) is -1.41. The van der Waals surface area contributed by atoms with Crippen LogP contribution in [0.25, 0.3) is 11.1 Å². The van der Waals surface area contributed by atoms with Crippen molar-refractivity contribution in [3.05, 3.63) is 59.9 Å². The number of benzene rings is 2. The minimum absolute atomic E-state index is 0.0907. The summed E-state index contributed by atoms with van der Waals surface area (Å²) in [6, 6.07) is 11.4. The number of nitrogens with zero attached hydrogens (tertiary/aromatic N) is 2. The summed E-state index contributed by atoms with van der Waals surface area (Å²) < 4.78 is 43.1. The number of alkyl halides is 3. The molecule has 1 aliphatic heterocycles. The molecule has 0 bridgehead atoms. The van der Waals surface area contributed by atoms with Crippen LogP contribution in [-0.2, 0) is 22.6 Å². The zero-order chi connectivity index (χ0) is 28.6. The van der Waals surface area contributed by atoms with E-state index in [0.29, 0.717) is 31.0 Å². The fraction of sp³-hybridized carbons (Fsp3) is 0.346. The Hall–Kier alpha value is -4.10. The number of carboxylic acid groups (broad SMARTS) is 1. The SMILES string of the molecule is COc1ccc2c(c1)C[C@H](C(=O)Nc1ccc(-c3cn[nH]c3)cc1OCCN(C)C)NC2.O=C(O)C(F)(F)F. The topological polar surface area (TPSA) is 129 Å². The van der Waals surface area contributed by atoms with Crippen molar-refractivity contribution in [2.45, 2.75) is 25.2 Å². The van der Waals surface area contributed by atoms with E-state index < -0.39 is 12.1 Å². The third-order valence-corrected chi connectivity index (χ3v) is 5.80. The number of anilines is 1. The fourth-order valence-corrected chi connectivity index (χ4v) is 3.69. The van der Waals surface area contributed by atoms with E-state index in [9.17, 15) is 18.0 Å². The number of carbonyl (C=O) groups is 2. The monoisotopic (exact) mass is 549 g/mol. The van der Waals surface area contributed by atoms with Gasteiger partial charge in [0.15, 0.2) is 0 Å². The second-order valence-corrected chi connectivity index (χ2v) is 8.91. The van der Waals surface area contributed by atoms with Gasteiger partial charge in [0.2, 0.25) is 5.91 Å². The maximum atomic E-state index is 13.1. The Morgan fingerprint density at radius 2 is 1.90 bits per heavy atom. The molecular formula is C26H30F3N5O5. The van der Waals surface area contributed by atoms with Crippen LogP contribution in [0.5, 0.6) is 11.5 Å². The minimum Gasteiger partial charge on any atom is -0.497 e. The van der Waals surface area contributed by atoms with E-state index in [1.54, 1.807) is 13.3 Å². The highest BCUT2D eigenvalue weighted by Gasteiger charge is 2.38. The summed E-state index contributed by atoms with van der Waals surface area (Å²) in [7, 11) is 5.64. The van der Waals surface area contributed by atoms with E-state index in [1.807, 2.05) is 56.7 Å². The predicted molar refractivity (Wildman–Crippen MR) is 138 cm³/mol. The molecule has 4 N–H and O–H groups in total. The van der Waals surface area contributed by atoms with Crippen molar-refractivity contribution in [3.8, 4) is 22.6 Å². The summed E-state index contributed by atoms with van der Waals surface area (Å²) in [6.07, 6.45) is -0.897. The van der Waals surface area contributed by atoms with Gasteiger partial charge < -0.3 is 30.1 Å². The highest BCUT2D eigenvalue weighted by atomic mass is 19.4. The Morgan fingerprint density at radius 3 is 2.51 bits per heavy atom. The number of H-pyrrole nitrogens is 1. The number of hydrogen-bond acceptors (Lipinski definition) is 7. The number of fused-ring (bicyclic) bond motifs is 1. The molecule has 39 heavy (non-hydrogen) atoms. The van der Waals surface area contributed by atoms with Gasteiger partial charge in [-0.15, -0.1) is 0 Å². The number of halogens is 3. The molecule has 1 amide bonds. The molecule has 1 atom stereocenters. The third kappa shape index (κ3) is 8.45. The number of hydrogen-bond donors (Lipinski definition) is 4. The number of methoxy groups -OCH3 is 1. The van der Waals surface area contributed by atoms with Gasteiger partial charge in [0, 0.05) is 24.8 Å². The van der Waals surface area contributed by atoms with Crippen molar-refractivity contribution >= 4 is 17.6 Å². The fourth-order valence-electron chi connectivity index (χ4n) is 3.69. The predicted octanol–water partition coefficient (Wildman–Crippen LogP) is 3.31. The molecule has 0 unspecified atom stereocenters. The van der Waals surface area contributed by atoms with Crippen molar-refractivity contribution in [1.82, 2.24) is 20.4 Å². The number of aromatic amines is 1. The number of amides is 1. The minimum atomic E-state index is -5.08. The van der Waals surface area contributed by atoms with E-state index in [4.69, 9.17) is 19.4 Å². The molecule has 1 aliphatic rings. The highest BCUT2D eigenvalue weighted by molar-refractivity contribution is 5.97. The number of carbonyl (C=O) groups excluding carboxylic acids is 1. The van der Waals surface area contributed by atoms with Gasteiger partial charge in [-0.25, -0.2) is 4.79 Å². The highest BCUT2D eigenvalue weighted by Crippen LogP contribution is 2.31. The molecule has 0 fully saturated rings. The van der Waals surface area contributed by atoms with E-state index in [0.717, 1.165) is 29.0 Å². The van der Waals surface area contributed by atoms with Gasteiger partial charge in [-0.2, -0.15) is 18.3 Å². The Morgan fingerprint density at radius 1 is 1.15 bits per heavy atom. The molecule has 0 saturated carbocycles. The number of rotatable bonds is 8. The second kappa shape index (κ2) is 13.1. The lowest BCUT2D eigenvalue weighted by molar-refractivity contribution is -0.192. The summed E-state index contributed by atoms with van der Waals surface area (Å²) in [5.41, 5.74) is 4.89. The average molecular weight is 550 g/mol. The normalized spacial score (nSPS) is 14.6. The molecule has 2 heterocycles. The first-order chi connectivity index (χ1) is 18.5. The van der Waals surface area contributed by atoms with Crippen LogP contribution in [0.2, 0.25) is 0 Å². The Balaban J connectivity index is 0.000000532. The quantitative estimate of drug-likeness (QED) is 0.337. The molecule has 0 aliphatic carbocycles. The molecule has 1 aromatic heterocycles. The number of carboxylic acids is 1. The molecule has 210 valence electrons. The van der Waals surface area contributed by atoms with Gasteiger partial charge in [-0.3, -0.25) is 9.89 Å². The Labute approximate surface area is 223 Å². The zero-order valence-electron chi connectivity index (χ0n) is 21.6. The van der Waals surface area contributed by atoms with Gasteiger partial charge in [-0.05, 0) is 61.5 Å². The molecule has 13 heteroatoms. The smallest absolute Gasteiger partial charge is 0.490 e. The summed E-state index contributed by atoms with van der Waals surface area (Å²) >= 11 is 0. The van der Waals surface area contributed by atoms with Crippen LogP contribution in [0.15, 0.2) is 48.8 Å². The molecule has 3 aromatic rings. The number of aromatic nitrogens is 2. The first-order valence-electron chi connectivity index (χ1n) is 11.9. The lowest BCUT2D eigenvalue weighted by Gasteiger charge is -2.26. The summed E-state index contributed by atoms with van der Waals surface area (Å²) in [4.78, 5) is 24.0. The van der Waals surface area contributed by atoms with Crippen LogP contribution in [0, 0.1) is 0 Å². The van der Waals surface area contributed by atoms with Crippen LogP contribution in [0.3, 0.4) is 0 Å². The van der Waals surface area contributed by atoms with E-state index in [-0.39, 0.29) is 11.9 Å². The lowest BCUT2D eigenvalue weighted by atomic mass is 9.95. The van der Waals surface area contributed by atoms with Crippen LogP contribution < -0.4 is 20.1 Å². The number of ether oxygens (including phenoxy) is 2. The molecule has 0 spiro atoms. The average Bonchev–Trinajstić information content (AvgIpc) is 3.43. The van der Waals surface area contributed by atoms with Crippen molar-refractivity contribution in [1.29, 1.82) is 0 Å². The molecule has 4 rings (SSSR count). The molecule has 0 saturated heterocycles. The Bertz CT molecular complexity index is 1270. The van der Waals surface area contributed by atoms with Crippen LogP contribution in [0.1, 0.15) is 11.1 Å². The molecular weight excluding hydrogens is 519 g/mol. The van der Waals surface area contributed by atoms with Crippen LogP contribution >= 0.6 is 0 Å². The van der Waals surface area contributed by atoms with Crippen molar-refractivity contribution in [3.63, 3.8) is 0 Å². The summed E-state index contributed by atoms with van der Waals surface area (Å²) in [6.45, 7) is 1.93. The summed E-state index contributed by atoms with van der Waals surface area (Å²) in [5, 5.41) is 20.4. The van der Waals surface area contributed by atoms with Gasteiger partial charge in [0.1, 0.15) is 18.1 Å². The van der Waals surface area contributed by atoms with Gasteiger partial charge in [0.05, 0.1) is 25.0 Å². The van der Waals surface area contributed by atoms with E-state index >= 15 is 0 Å². The van der Waals surface area contributed by atoms with E-state index in [1.165, 1.54) is 5.56 Å². The largest absolute Gasteiger partial charge is 0.497 e. The van der Waals surface area contributed by atoms with Crippen molar-refractivity contribution in [2.24, 2.45) is 0 Å². The maximum absolute atomic E-state index is 13.1. The first-order valence-corrected chi connectivity index (χ1v) is 11.9. The Kier molecular flexibility index (Phi) is 9.90. The standard InChI is InChI=1S/C24H29N5O3.C2HF3O2/c1-29(2)8-9-32-23-12-16(19-14-26-27-15-19)5-7-21(23)28-24(30)22-11-18-10-20(31-3)6-4-17(18)13-25-22;3-2(4,5)1(6)7/h4-7,10,12,14-15,22,25H,8-9,11,13H2,1-3H3,(H,26,27)(H,28,30);(H,6,7)/t22-;/m1./s1. The van der Waals surface area contributed by atoms with Crippen molar-refractivity contribution in [2.75, 3.05) is 39.7 Å². The number of aliphatic carboxylic acids is 1. The molecule has 10 nitrogen and oxygen atoms in total. The van der Waals surface area contributed by atoms with E-state index in [2.05, 4.69) is 25.7 Å². The van der Waals surface area contributed by atoms with Gasteiger partial charge in [0.25, 0.3) is 0 Å². The van der Waals surface area contributed by atoms with Gasteiger partial charge >= 0.3 is 12.1 Å². The second-order valence-electron chi connectivity index (χ2n) is 8.91. The maximum Gasteiger partial charge on any atom is 0.490 e. The zero-order valence-corrected chi connectivity index (χ0v) is 21.6. The number of nitrogens with one attached hydrogen (secondary N) is 3. The molecule has 2 aromatic carbocycles. The number of likely N-dealkylation sites (N-methyl/N-ethyl adjacent to an activating group) is 1. The lowest BCUT2D eigenvalue weighted by Crippen LogP contribution is -2.44.